The molecule has 3 atom stereocenters. The normalized spacial score (nSPS) is 30.0. The van der Waals surface area contributed by atoms with Crippen molar-refractivity contribution in [3.63, 3.8) is 0 Å². The maximum absolute atomic E-state index is 12.6. The summed E-state index contributed by atoms with van der Waals surface area (Å²) in [5, 5.41) is 7.20. The highest BCUT2D eigenvalue weighted by molar-refractivity contribution is 5.79. The first-order valence-electron chi connectivity index (χ1n) is 10.6. The van der Waals surface area contributed by atoms with Crippen LogP contribution in [0.1, 0.15) is 38.4 Å². The van der Waals surface area contributed by atoms with E-state index >= 15 is 0 Å². The van der Waals surface area contributed by atoms with Crippen molar-refractivity contribution in [3.05, 3.63) is 11.7 Å². The van der Waals surface area contributed by atoms with Crippen LogP contribution in [-0.2, 0) is 19.7 Å². The number of nitrogens with one attached hydrogen (secondary N) is 1. The average molecular weight is 405 g/mol. The zero-order valence-electron chi connectivity index (χ0n) is 17.5. The third-order valence-electron chi connectivity index (χ3n) is 6.47. The Bertz CT molecular complexity index is 760. The van der Waals surface area contributed by atoms with E-state index in [1.54, 1.807) is 6.92 Å². The Morgan fingerprint density at radius 3 is 2.72 bits per heavy atom. The summed E-state index contributed by atoms with van der Waals surface area (Å²) in [5.41, 5.74) is -0.372. The third-order valence-corrected chi connectivity index (χ3v) is 6.47. The lowest BCUT2D eigenvalue weighted by molar-refractivity contribution is -0.134. The van der Waals surface area contributed by atoms with Crippen molar-refractivity contribution in [1.82, 2.24) is 25.3 Å². The van der Waals surface area contributed by atoms with E-state index in [1.807, 2.05) is 18.7 Å². The number of ether oxygens (including phenoxy) is 1. The molecule has 1 aromatic heterocycles. The molecule has 1 aliphatic carbocycles. The molecule has 1 aromatic rings. The second-order valence-electron chi connectivity index (χ2n) is 8.97. The molecule has 0 bridgehead atoms. The van der Waals surface area contributed by atoms with Gasteiger partial charge < -0.3 is 19.5 Å². The van der Waals surface area contributed by atoms with Gasteiger partial charge in [0, 0.05) is 38.1 Å². The molecule has 0 unspecified atom stereocenters. The van der Waals surface area contributed by atoms with Crippen molar-refractivity contribution < 1.29 is 18.8 Å². The summed E-state index contributed by atoms with van der Waals surface area (Å²) in [6.45, 7) is 10.2. The number of hydrogen-bond donors (Lipinski definition) is 1. The summed E-state index contributed by atoms with van der Waals surface area (Å²) in [6.07, 6.45) is 1.54. The summed E-state index contributed by atoms with van der Waals surface area (Å²) in [7, 11) is 0. The summed E-state index contributed by atoms with van der Waals surface area (Å²) < 4.78 is 10.9. The molecule has 3 heterocycles. The molecular weight excluding hydrogens is 374 g/mol. The van der Waals surface area contributed by atoms with E-state index in [2.05, 4.69) is 20.4 Å². The minimum absolute atomic E-state index is 0.0423. The van der Waals surface area contributed by atoms with Crippen LogP contribution in [0.4, 0.5) is 0 Å². The van der Waals surface area contributed by atoms with Crippen LogP contribution in [0, 0.1) is 18.8 Å². The van der Waals surface area contributed by atoms with Crippen LogP contribution in [0.3, 0.4) is 0 Å². The zero-order chi connectivity index (χ0) is 20.6. The van der Waals surface area contributed by atoms with Gasteiger partial charge in [0.25, 0.3) is 0 Å². The number of likely N-dealkylation sites (tertiary alicyclic amines) is 1. The van der Waals surface area contributed by atoms with E-state index in [0.717, 1.165) is 25.9 Å². The Morgan fingerprint density at radius 1 is 1.31 bits per heavy atom. The van der Waals surface area contributed by atoms with Crippen molar-refractivity contribution >= 4 is 11.8 Å². The summed E-state index contributed by atoms with van der Waals surface area (Å²) in [4.78, 5) is 33.8. The van der Waals surface area contributed by atoms with Gasteiger partial charge in [0.1, 0.15) is 0 Å². The number of amides is 2. The molecule has 9 nitrogen and oxygen atoms in total. The summed E-state index contributed by atoms with van der Waals surface area (Å²) in [6, 6.07) is 0.0528. The van der Waals surface area contributed by atoms with Gasteiger partial charge in [0.2, 0.25) is 17.7 Å². The quantitative estimate of drug-likeness (QED) is 0.754. The van der Waals surface area contributed by atoms with E-state index in [9.17, 15) is 9.59 Å². The molecule has 29 heavy (non-hydrogen) atoms. The molecule has 3 aliphatic rings. The Hall–Kier alpha value is -2.00. The lowest BCUT2D eigenvalue weighted by Gasteiger charge is -2.28. The number of rotatable bonds is 5. The van der Waals surface area contributed by atoms with Crippen molar-refractivity contribution in [2.75, 3.05) is 45.9 Å². The minimum atomic E-state index is -0.372. The number of aromatic nitrogens is 2. The van der Waals surface area contributed by atoms with Crippen LogP contribution in [0.15, 0.2) is 4.52 Å². The number of fused-ring (bicyclic) bond motifs is 1. The van der Waals surface area contributed by atoms with Crippen LogP contribution in [0.2, 0.25) is 0 Å². The van der Waals surface area contributed by atoms with E-state index in [0.29, 0.717) is 44.6 Å². The lowest BCUT2D eigenvalue weighted by Crippen LogP contribution is -2.46. The van der Waals surface area contributed by atoms with Gasteiger partial charge in [0.15, 0.2) is 5.82 Å². The molecule has 2 amide bonds. The second-order valence-corrected chi connectivity index (χ2v) is 8.97. The number of morpholine rings is 1. The number of hydrogen-bond acceptors (Lipinski definition) is 7. The van der Waals surface area contributed by atoms with Gasteiger partial charge in [-0.3, -0.25) is 14.5 Å². The Balaban J connectivity index is 1.45. The fraction of sp³-hybridized carbons (Fsp3) is 0.800. The fourth-order valence-corrected chi connectivity index (χ4v) is 5.08. The molecule has 4 rings (SSSR count). The Labute approximate surface area is 171 Å². The highest BCUT2D eigenvalue weighted by atomic mass is 16.5. The zero-order valence-corrected chi connectivity index (χ0v) is 17.5. The number of nitrogens with zero attached hydrogens (tertiary/aromatic N) is 4. The predicted molar refractivity (Wildman–Crippen MR) is 104 cm³/mol. The largest absolute Gasteiger partial charge is 0.379 e. The maximum atomic E-state index is 12.6. The number of carbonyl (C=O) groups is 2. The molecule has 0 spiro atoms. The first-order chi connectivity index (χ1) is 13.9. The van der Waals surface area contributed by atoms with E-state index in [1.165, 1.54) is 0 Å². The highest BCUT2D eigenvalue weighted by Crippen LogP contribution is 2.50. The summed E-state index contributed by atoms with van der Waals surface area (Å²) in [5.74, 6) is 1.57. The molecule has 3 fully saturated rings. The van der Waals surface area contributed by atoms with Gasteiger partial charge in [-0.1, -0.05) is 19.0 Å². The van der Waals surface area contributed by atoms with Crippen LogP contribution in [-0.4, -0.2) is 83.7 Å². The van der Waals surface area contributed by atoms with Crippen molar-refractivity contribution in [3.8, 4) is 0 Å². The summed E-state index contributed by atoms with van der Waals surface area (Å²) >= 11 is 0. The molecule has 2 aliphatic heterocycles. The minimum Gasteiger partial charge on any atom is -0.379 e. The molecule has 160 valence electrons. The first-order valence-corrected chi connectivity index (χ1v) is 10.6. The van der Waals surface area contributed by atoms with Crippen molar-refractivity contribution in [2.24, 2.45) is 11.8 Å². The molecule has 9 heteroatoms. The Kier molecular flexibility index (Phi) is 5.61. The maximum Gasteiger partial charge on any atom is 0.235 e. The second kappa shape index (κ2) is 8.02. The van der Waals surface area contributed by atoms with Gasteiger partial charge in [-0.2, -0.15) is 4.98 Å². The van der Waals surface area contributed by atoms with Gasteiger partial charge in [-0.25, -0.2) is 0 Å². The van der Waals surface area contributed by atoms with E-state index < -0.39 is 0 Å². The SMILES string of the molecule is Cc1noc([C@]23C[C@H](NC(=O)CN4CCOCC4)C[C@H]2CN(C(=O)C(C)C)C3)n1. The van der Waals surface area contributed by atoms with Crippen LogP contribution in [0.5, 0.6) is 0 Å². The third kappa shape index (κ3) is 4.02. The highest BCUT2D eigenvalue weighted by Gasteiger charge is 2.58. The molecule has 0 radical (unpaired) electrons. The smallest absolute Gasteiger partial charge is 0.235 e. The van der Waals surface area contributed by atoms with Gasteiger partial charge in [-0.05, 0) is 25.7 Å². The predicted octanol–water partition coefficient (Wildman–Crippen LogP) is 0.341. The number of aryl methyl sites for hydroxylation is 1. The van der Waals surface area contributed by atoms with Crippen LogP contribution >= 0.6 is 0 Å². The van der Waals surface area contributed by atoms with E-state index in [-0.39, 0.29) is 35.1 Å². The van der Waals surface area contributed by atoms with Crippen LogP contribution in [0.25, 0.3) is 0 Å². The first kappa shape index (κ1) is 20.3. The molecular formula is C20H31N5O4. The fourth-order valence-electron chi connectivity index (χ4n) is 5.08. The van der Waals surface area contributed by atoms with Gasteiger partial charge in [0.05, 0.1) is 25.2 Å². The molecule has 0 aromatic carbocycles. The Morgan fingerprint density at radius 2 is 2.07 bits per heavy atom. The molecule has 1 saturated carbocycles. The van der Waals surface area contributed by atoms with Gasteiger partial charge >= 0.3 is 0 Å². The average Bonchev–Trinajstić information content (AvgIpc) is 3.34. The topological polar surface area (TPSA) is 101 Å². The van der Waals surface area contributed by atoms with Crippen LogP contribution < -0.4 is 5.32 Å². The standard InChI is InChI=1S/C20H31N5O4/c1-13(2)18(27)25-10-15-8-16(22-17(26)11-24-4-6-28-7-5-24)9-20(15,12-25)19-21-14(3)23-29-19/h13,15-16H,4-12H2,1-3H3,(H,22,26)/t15-,16+,20-/m0/s1. The van der Waals surface area contributed by atoms with Crippen molar-refractivity contribution in [1.29, 1.82) is 0 Å². The van der Waals surface area contributed by atoms with Crippen molar-refractivity contribution in [2.45, 2.75) is 45.1 Å². The van der Waals surface area contributed by atoms with E-state index in [4.69, 9.17) is 9.26 Å². The molecule has 2 saturated heterocycles. The van der Waals surface area contributed by atoms with Gasteiger partial charge in [-0.15, -0.1) is 0 Å². The molecule has 1 N–H and O–H groups in total. The number of carbonyl (C=O) groups excluding carboxylic acids is 2. The monoisotopic (exact) mass is 405 g/mol. The lowest BCUT2D eigenvalue weighted by atomic mass is 9.80.